The highest BCUT2D eigenvalue weighted by Gasteiger charge is 2.02. The van der Waals surface area contributed by atoms with Gasteiger partial charge in [0.15, 0.2) is 0 Å². The molecule has 0 aliphatic rings. The zero-order chi connectivity index (χ0) is 8.10. The minimum absolute atomic E-state index is 0.0381. The second-order valence-electron chi connectivity index (χ2n) is 2.30. The van der Waals surface area contributed by atoms with E-state index >= 15 is 0 Å². The van der Waals surface area contributed by atoms with Gasteiger partial charge in [-0.05, 0) is 12.6 Å². The van der Waals surface area contributed by atoms with Crippen molar-refractivity contribution in [3.05, 3.63) is 35.9 Å². The van der Waals surface area contributed by atoms with Gasteiger partial charge in [-0.15, -0.1) is 0 Å². The summed E-state index contributed by atoms with van der Waals surface area (Å²) in [6, 6.07) is 9.98. The van der Waals surface area contributed by atoms with E-state index in [9.17, 15) is 0 Å². The molecule has 0 saturated carbocycles. The van der Waals surface area contributed by atoms with E-state index in [4.69, 9.17) is 5.84 Å². The number of rotatable bonds is 3. The third-order valence-corrected chi connectivity index (χ3v) is 1.59. The van der Waals surface area contributed by atoms with Crippen LogP contribution in [0, 0.1) is 0 Å². The molecule has 4 N–H and O–H groups in total. The predicted octanol–water partition coefficient (Wildman–Crippen LogP) is 0.368. The first-order chi connectivity index (χ1) is 5.38. The van der Waals surface area contributed by atoms with Crippen molar-refractivity contribution in [3.63, 3.8) is 0 Å². The first kappa shape index (κ1) is 8.20. The molecule has 1 unspecified atom stereocenters. The van der Waals surface area contributed by atoms with Crippen molar-refractivity contribution >= 4 is 0 Å². The lowest BCUT2D eigenvalue weighted by molar-refractivity contribution is 0.489. The fraction of sp³-hybridized carbons (Fsp3) is 0.250. The molecule has 60 valence electrons. The van der Waals surface area contributed by atoms with Gasteiger partial charge in [-0.2, -0.15) is 0 Å². The van der Waals surface area contributed by atoms with Crippen molar-refractivity contribution in [3.8, 4) is 0 Å². The van der Waals surface area contributed by atoms with Gasteiger partial charge in [-0.1, -0.05) is 30.3 Å². The van der Waals surface area contributed by atoms with Crippen molar-refractivity contribution in [1.29, 1.82) is 0 Å². The Balaban J connectivity index is 2.74. The fourth-order valence-electron chi connectivity index (χ4n) is 0.992. The van der Waals surface area contributed by atoms with Gasteiger partial charge in [-0.25, -0.2) is 5.43 Å². The smallest absolute Gasteiger partial charge is 0.0958 e. The van der Waals surface area contributed by atoms with E-state index in [0.717, 1.165) is 5.56 Å². The largest absolute Gasteiger partial charge is 0.300 e. The van der Waals surface area contributed by atoms with Gasteiger partial charge in [0.05, 0.1) is 6.17 Å². The minimum atomic E-state index is 0.0381. The third kappa shape index (κ3) is 2.01. The van der Waals surface area contributed by atoms with Crippen molar-refractivity contribution < 1.29 is 0 Å². The van der Waals surface area contributed by atoms with Gasteiger partial charge in [0.25, 0.3) is 0 Å². The van der Waals surface area contributed by atoms with E-state index < -0.39 is 0 Å². The molecule has 1 atom stereocenters. The molecule has 0 heterocycles. The molecule has 1 aromatic carbocycles. The van der Waals surface area contributed by atoms with Crippen molar-refractivity contribution in [2.45, 2.75) is 6.17 Å². The Morgan fingerprint density at radius 3 is 2.36 bits per heavy atom. The molecule has 0 radical (unpaired) electrons. The molecule has 3 heteroatoms. The molecule has 3 nitrogen and oxygen atoms in total. The lowest BCUT2D eigenvalue weighted by Crippen LogP contribution is -2.36. The summed E-state index contributed by atoms with van der Waals surface area (Å²) in [6.07, 6.45) is 0.0381. The normalized spacial score (nSPS) is 12.9. The molecule has 0 amide bonds. The van der Waals surface area contributed by atoms with Crippen LogP contribution in [0.5, 0.6) is 0 Å². The van der Waals surface area contributed by atoms with Gasteiger partial charge < -0.3 is 5.32 Å². The van der Waals surface area contributed by atoms with Crippen LogP contribution in [0.4, 0.5) is 0 Å². The molecule has 0 aliphatic carbocycles. The highest BCUT2D eigenvalue weighted by atomic mass is 15.3. The number of nitrogens with one attached hydrogen (secondary N) is 2. The Hall–Kier alpha value is -0.900. The third-order valence-electron chi connectivity index (χ3n) is 1.59. The van der Waals surface area contributed by atoms with Crippen LogP contribution < -0.4 is 16.6 Å². The maximum atomic E-state index is 5.30. The van der Waals surface area contributed by atoms with Gasteiger partial charge in [0, 0.05) is 0 Å². The Labute approximate surface area is 66.6 Å². The molecule has 0 aliphatic heterocycles. The molecular formula is C8H13N3. The number of benzene rings is 1. The number of hydrogen-bond donors (Lipinski definition) is 3. The second kappa shape index (κ2) is 4.08. The highest BCUT2D eigenvalue weighted by Crippen LogP contribution is 2.06. The van der Waals surface area contributed by atoms with Gasteiger partial charge in [0.2, 0.25) is 0 Å². The van der Waals surface area contributed by atoms with Crippen LogP contribution in [-0.4, -0.2) is 7.05 Å². The summed E-state index contributed by atoms with van der Waals surface area (Å²) in [7, 11) is 1.86. The van der Waals surface area contributed by atoms with Crippen molar-refractivity contribution in [1.82, 2.24) is 10.7 Å². The zero-order valence-electron chi connectivity index (χ0n) is 6.54. The first-order valence-corrected chi connectivity index (χ1v) is 3.57. The summed E-state index contributed by atoms with van der Waals surface area (Å²) in [5.74, 6) is 5.30. The molecule has 1 rings (SSSR count). The van der Waals surface area contributed by atoms with Crippen LogP contribution in [-0.2, 0) is 0 Å². The van der Waals surface area contributed by atoms with E-state index in [1.807, 2.05) is 37.4 Å². The quantitative estimate of drug-likeness (QED) is 0.332. The molecule has 0 bridgehead atoms. The van der Waals surface area contributed by atoms with E-state index in [1.54, 1.807) is 0 Å². The fourth-order valence-corrected chi connectivity index (χ4v) is 0.992. The zero-order valence-corrected chi connectivity index (χ0v) is 6.54. The van der Waals surface area contributed by atoms with Gasteiger partial charge in [0.1, 0.15) is 0 Å². The molecule has 0 fully saturated rings. The minimum Gasteiger partial charge on any atom is -0.300 e. The molecule has 0 aromatic heterocycles. The predicted molar refractivity (Wildman–Crippen MR) is 45.6 cm³/mol. The second-order valence-corrected chi connectivity index (χ2v) is 2.30. The molecule has 0 spiro atoms. The van der Waals surface area contributed by atoms with Crippen LogP contribution >= 0.6 is 0 Å². The van der Waals surface area contributed by atoms with Gasteiger partial charge in [-0.3, -0.25) is 5.84 Å². The maximum Gasteiger partial charge on any atom is 0.0958 e. The summed E-state index contributed by atoms with van der Waals surface area (Å²) in [4.78, 5) is 0. The monoisotopic (exact) mass is 151 g/mol. The van der Waals surface area contributed by atoms with Gasteiger partial charge >= 0.3 is 0 Å². The standard InChI is InChI=1S/C8H13N3/c1-10-8(11-9)7-5-3-2-4-6-7/h2-6,8,10-11H,9H2,1H3. The average Bonchev–Trinajstić information content (AvgIpc) is 2.09. The number of nitrogens with two attached hydrogens (primary N) is 1. The molecule has 1 aromatic rings. The van der Waals surface area contributed by atoms with Crippen LogP contribution in [0.1, 0.15) is 11.7 Å². The summed E-state index contributed by atoms with van der Waals surface area (Å²) < 4.78 is 0. The maximum absolute atomic E-state index is 5.30. The van der Waals surface area contributed by atoms with Crippen LogP contribution in [0.3, 0.4) is 0 Å². The summed E-state index contributed by atoms with van der Waals surface area (Å²) >= 11 is 0. The van der Waals surface area contributed by atoms with Crippen LogP contribution in [0.15, 0.2) is 30.3 Å². The van der Waals surface area contributed by atoms with Crippen LogP contribution in [0.25, 0.3) is 0 Å². The lowest BCUT2D eigenvalue weighted by atomic mass is 10.2. The van der Waals surface area contributed by atoms with E-state index in [0.29, 0.717) is 0 Å². The molecule has 0 saturated heterocycles. The summed E-state index contributed by atoms with van der Waals surface area (Å²) in [5.41, 5.74) is 3.79. The Bertz CT molecular complexity index is 194. The van der Waals surface area contributed by atoms with E-state index in [2.05, 4.69) is 10.7 Å². The molecular weight excluding hydrogens is 138 g/mol. The van der Waals surface area contributed by atoms with Crippen molar-refractivity contribution in [2.75, 3.05) is 7.05 Å². The summed E-state index contributed by atoms with van der Waals surface area (Å²) in [6.45, 7) is 0. The van der Waals surface area contributed by atoms with Crippen LogP contribution in [0.2, 0.25) is 0 Å². The Kier molecular flexibility index (Phi) is 3.04. The van der Waals surface area contributed by atoms with E-state index in [1.165, 1.54) is 0 Å². The number of hydrogen-bond acceptors (Lipinski definition) is 3. The Morgan fingerprint density at radius 2 is 1.91 bits per heavy atom. The summed E-state index contributed by atoms with van der Waals surface area (Å²) in [5, 5.41) is 3.03. The SMILES string of the molecule is CNC(NN)c1ccccc1. The van der Waals surface area contributed by atoms with Crippen molar-refractivity contribution in [2.24, 2.45) is 5.84 Å². The molecule has 11 heavy (non-hydrogen) atoms. The highest BCUT2D eigenvalue weighted by molar-refractivity contribution is 5.17. The lowest BCUT2D eigenvalue weighted by Gasteiger charge is -2.14. The Morgan fingerprint density at radius 1 is 1.27 bits per heavy atom. The number of hydrazine groups is 1. The van der Waals surface area contributed by atoms with E-state index in [-0.39, 0.29) is 6.17 Å². The topological polar surface area (TPSA) is 50.1 Å². The average molecular weight is 151 g/mol. The first-order valence-electron chi connectivity index (χ1n) is 3.57.